The van der Waals surface area contributed by atoms with Crippen molar-refractivity contribution in [3.63, 3.8) is 0 Å². The number of hydrogen-bond donors (Lipinski definition) is 8. The van der Waals surface area contributed by atoms with Gasteiger partial charge >= 0.3 is 0 Å². The highest BCUT2D eigenvalue weighted by Crippen LogP contribution is 1.85. The quantitative estimate of drug-likeness (QED) is 0.0741. The Labute approximate surface area is 232 Å². The van der Waals surface area contributed by atoms with E-state index in [9.17, 15) is 0 Å². The summed E-state index contributed by atoms with van der Waals surface area (Å²) in [5.74, 6) is 0. The van der Waals surface area contributed by atoms with Gasteiger partial charge < -0.3 is 10.6 Å². The zero-order chi connectivity index (χ0) is 27.3. The van der Waals surface area contributed by atoms with Crippen LogP contribution in [-0.4, -0.2) is 69.8 Å². The maximum Gasteiger partial charge on any atom is 0.207 e. The van der Waals surface area contributed by atoms with Crippen LogP contribution in [-0.2, 0) is 0 Å². The minimum atomic E-state index is 0.237. The Balaban J connectivity index is 4.21. The molecule has 8 N–H and O–H groups in total. The van der Waals surface area contributed by atoms with E-state index in [1.807, 2.05) is 0 Å². The van der Waals surface area contributed by atoms with Gasteiger partial charge in [0, 0.05) is 26.5 Å². The van der Waals surface area contributed by atoms with Gasteiger partial charge in [-0.2, -0.15) is 30.6 Å². The molecule has 0 saturated carbocycles. The Hall–Kier alpha value is -3.22. The zero-order valence-electron chi connectivity index (χ0n) is 20.9. The van der Waals surface area contributed by atoms with Gasteiger partial charge in [0.2, 0.25) is 10.2 Å². The number of hydrazone groups is 6. The first kappa shape index (κ1) is 32.8. The molecule has 18 heteroatoms. The number of nitrogens with zero attached hydrogens (tertiary/aromatic N) is 6. The van der Waals surface area contributed by atoms with Crippen LogP contribution in [0.4, 0.5) is 0 Å². The van der Waals surface area contributed by atoms with Crippen molar-refractivity contribution < 1.29 is 0 Å². The molecule has 0 spiro atoms. The average Bonchev–Trinajstić information content (AvgIpc) is 2.88. The zero-order valence-corrected chi connectivity index (χ0v) is 24.2. The highest BCUT2D eigenvalue weighted by atomic mass is 32.1. The second kappa shape index (κ2) is 20.0. The van der Waals surface area contributed by atoms with Gasteiger partial charge in [-0.1, -0.05) is 0 Å². The van der Waals surface area contributed by atoms with Crippen LogP contribution in [0.2, 0.25) is 0 Å². The fraction of sp³-hybridized carbons (Fsp3) is 0.444. The van der Waals surface area contributed by atoms with Crippen LogP contribution in [0.15, 0.2) is 30.6 Å². The average molecular weight is 573 g/mol. The number of thiocarbonyl (C=S) groups is 4. The molecule has 36 heavy (non-hydrogen) atoms. The molecule has 0 saturated heterocycles. The first-order chi connectivity index (χ1) is 17.1. The summed E-state index contributed by atoms with van der Waals surface area (Å²) in [5.41, 5.74) is 18.6. The van der Waals surface area contributed by atoms with Crippen molar-refractivity contribution in [3.8, 4) is 0 Å². The highest BCUT2D eigenvalue weighted by Gasteiger charge is 2.00. The summed E-state index contributed by atoms with van der Waals surface area (Å²) in [5, 5.41) is 31.2. The molecule has 198 valence electrons. The predicted octanol–water partition coefficient (Wildman–Crippen LogP) is 0.358. The Morgan fingerprint density at radius 3 is 1.06 bits per heavy atom. The number of hydrogen-bond acceptors (Lipinski definition) is 10. The summed E-state index contributed by atoms with van der Waals surface area (Å²) in [6.45, 7) is 7.12. The SMILES string of the molecule is CNC(=S)NN=C(C)C(C)=NNC(=S)N/N=C/CC/C=N/NC(=S)NN=C(C)C(C)=NNC(=S)NC. The van der Waals surface area contributed by atoms with Crippen LogP contribution < -0.4 is 43.2 Å². The van der Waals surface area contributed by atoms with Crippen LogP contribution in [0.5, 0.6) is 0 Å². The van der Waals surface area contributed by atoms with E-state index >= 15 is 0 Å². The van der Waals surface area contributed by atoms with Crippen molar-refractivity contribution in [2.24, 2.45) is 30.6 Å². The van der Waals surface area contributed by atoms with E-state index in [2.05, 4.69) is 73.8 Å². The largest absolute Gasteiger partial charge is 0.364 e. The maximum absolute atomic E-state index is 5.11. The fourth-order valence-electron chi connectivity index (χ4n) is 1.51. The standard InChI is InChI=1S/C18H32N14S4/c1-11(23-29-15(33)19-5)13(3)25-31-17(35)27-21-9-7-8-10-22-28-18(36)32-26-14(4)12(2)24-30-16(34)20-6/h9-10H,7-8H2,1-6H3,(H2,19,29,33)(H2,20,30,34)(H2,27,31,35)(H2,28,32,36)/b21-9+,22-10+,23-11?,24-12?,25-13?,26-14?. The second-order valence-corrected chi connectivity index (χ2v) is 8.11. The van der Waals surface area contributed by atoms with Crippen molar-refractivity contribution in [2.75, 3.05) is 14.1 Å². The molecule has 0 heterocycles. The van der Waals surface area contributed by atoms with E-state index in [1.54, 1.807) is 54.2 Å². The Bertz CT molecular complexity index is 875. The molecule has 0 unspecified atom stereocenters. The minimum absolute atomic E-state index is 0.237. The third kappa shape index (κ3) is 17.2. The topological polar surface area (TPSA) is 170 Å². The Morgan fingerprint density at radius 2 is 0.778 bits per heavy atom. The number of nitrogens with one attached hydrogen (secondary N) is 8. The van der Waals surface area contributed by atoms with E-state index in [1.165, 1.54) is 0 Å². The molecule has 0 aliphatic heterocycles. The molecule has 0 fully saturated rings. The molecule has 0 atom stereocenters. The molecular weight excluding hydrogens is 541 g/mol. The third-order valence-electron chi connectivity index (χ3n) is 3.74. The molecule has 0 aromatic heterocycles. The first-order valence-electron chi connectivity index (χ1n) is 10.4. The van der Waals surface area contributed by atoms with E-state index in [0.717, 1.165) is 0 Å². The lowest BCUT2D eigenvalue weighted by atomic mass is 10.3. The normalized spacial score (nSPS) is 12.7. The Kier molecular flexibility index (Phi) is 18.2. The summed E-state index contributed by atoms with van der Waals surface area (Å²) >= 11 is 20.1. The van der Waals surface area contributed by atoms with Crippen molar-refractivity contribution >= 4 is 105 Å². The molecule has 0 aliphatic rings. The molecule has 14 nitrogen and oxygen atoms in total. The lowest BCUT2D eigenvalue weighted by Crippen LogP contribution is -2.31. The van der Waals surface area contributed by atoms with Crippen molar-refractivity contribution in [2.45, 2.75) is 40.5 Å². The molecule has 0 aliphatic carbocycles. The number of unbranched alkanes of at least 4 members (excludes halogenated alkanes) is 1. The van der Waals surface area contributed by atoms with Gasteiger partial charge in [-0.15, -0.1) is 0 Å². The van der Waals surface area contributed by atoms with Gasteiger partial charge in [-0.05, 0) is 89.4 Å². The third-order valence-corrected chi connectivity index (χ3v) is 4.70. The molecule has 0 aromatic carbocycles. The summed E-state index contributed by atoms with van der Waals surface area (Å²) in [4.78, 5) is 0. The van der Waals surface area contributed by atoms with E-state index in [0.29, 0.717) is 45.9 Å². The first-order valence-corrected chi connectivity index (χ1v) is 12.0. The van der Waals surface area contributed by atoms with Gasteiger partial charge in [0.25, 0.3) is 0 Å². The molecule has 0 radical (unpaired) electrons. The predicted molar refractivity (Wildman–Crippen MR) is 166 cm³/mol. The van der Waals surface area contributed by atoms with E-state index < -0.39 is 0 Å². The lowest BCUT2D eigenvalue weighted by molar-refractivity contribution is 0.918. The summed E-state index contributed by atoms with van der Waals surface area (Å²) in [6, 6.07) is 0. The monoisotopic (exact) mass is 572 g/mol. The smallest absolute Gasteiger partial charge is 0.207 e. The van der Waals surface area contributed by atoms with Crippen LogP contribution in [0.1, 0.15) is 40.5 Å². The van der Waals surface area contributed by atoms with Gasteiger partial charge in [0.15, 0.2) is 10.2 Å². The summed E-state index contributed by atoms with van der Waals surface area (Å²) in [6.07, 6.45) is 4.57. The number of rotatable bonds is 11. The second-order valence-electron chi connectivity index (χ2n) is 6.48. The summed E-state index contributed by atoms with van der Waals surface area (Å²) in [7, 11) is 3.40. The maximum atomic E-state index is 5.11. The van der Waals surface area contributed by atoms with Crippen LogP contribution in [0, 0.1) is 0 Å². The van der Waals surface area contributed by atoms with Gasteiger partial charge in [0.05, 0.1) is 22.8 Å². The molecule has 0 rings (SSSR count). The lowest BCUT2D eigenvalue weighted by Gasteiger charge is -2.05. The molecular formula is C18H32N14S4. The highest BCUT2D eigenvalue weighted by molar-refractivity contribution is 7.80. The molecule has 0 aromatic rings. The fourth-order valence-corrected chi connectivity index (χ4v) is 1.80. The van der Waals surface area contributed by atoms with Crippen molar-refractivity contribution in [3.05, 3.63) is 0 Å². The van der Waals surface area contributed by atoms with Gasteiger partial charge in [0.1, 0.15) is 0 Å². The van der Waals surface area contributed by atoms with E-state index in [4.69, 9.17) is 48.9 Å². The van der Waals surface area contributed by atoms with Gasteiger partial charge in [-0.3, -0.25) is 32.6 Å². The van der Waals surface area contributed by atoms with Crippen LogP contribution in [0.25, 0.3) is 0 Å². The van der Waals surface area contributed by atoms with Crippen molar-refractivity contribution in [1.82, 2.24) is 43.2 Å². The van der Waals surface area contributed by atoms with Crippen LogP contribution >= 0.6 is 48.9 Å². The minimum Gasteiger partial charge on any atom is -0.364 e. The molecule has 0 bridgehead atoms. The van der Waals surface area contributed by atoms with Gasteiger partial charge in [-0.25, -0.2) is 0 Å². The van der Waals surface area contributed by atoms with Crippen LogP contribution in [0.3, 0.4) is 0 Å². The Morgan fingerprint density at radius 1 is 0.500 bits per heavy atom. The summed E-state index contributed by atoms with van der Waals surface area (Å²) < 4.78 is 0. The molecule has 0 amide bonds. The van der Waals surface area contributed by atoms with Crippen molar-refractivity contribution in [1.29, 1.82) is 0 Å². The van der Waals surface area contributed by atoms with E-state index in [-0.39, 0.29) is 10.2 Å².